The molecule has 1 aliphatic carbocycles. The molecule has 1 aliphatic heterocycles. The first-order valence-corrected chi connectivity index (χ1v) is 7.90. The van der Waals surface area contributed by atoms with Gasteiger partial charge in [-0.25, -0.2) is 4.79 Å². The highest BCUT2D eigenvalue weighted by atomic mass is 16.5. The Morgan fingerprint density at radius 1 is 1.22 bits per heavy atom. The van der Waals surface area contributed by atoms with E-state index < -0.39 is 11.4 Å². The quantitative estimate of drug-likeness (QED) is 0.936. The highest BCUT2D eigenvalue weighted by Crippen LogP contribution is 2.39. The van der Waals surface area contributed by atoms with Crippen LogP contribution in [0.25, 0.3) is 10.9 Å². The van der Waals surface area contributed by atoms with Crippen LogP contribution in [0.5, 0.6) is 0 Å². The average molecular weight is 314 g/mol. The third-order valence-electron chi connectivity index (χ3n) is 4.55. The highest BCUT2D eigenvalue weighted by molar-refractivity contribution is 5.97. The Morgan fingerprint density at radius 2 is 1.96 bits per heavy atom. The van der Waals surface area contributed by atoms with E-state index in [9.17, 15) is 14.7 Å². The van der Waals surface area contributed by atoms with Crippen molar-refractivity contribution in [2.45, 2.75) is 18.9 Å². The number of morpholine rings is 1. The molecule has 2 aromatic rings. The van der Waals surface area contributed by atoms with Crippen LogP contribution in [0, 0.1) is 0 Å². The maximum atomic E-state index is 12.6. The number of aromatic nitrogens is 1. The second-order valence-electron chi connectivity index (χ2n) is 6.09. The number of ether oxygens (including phenoxy) is 1. The van der Waals surface area contributed by atoms with Gasteiger partial charge in [-0.1, -0.05) is 6.07 Å². The Labute approximate surface area is 132 Å². The fraction of sp³-hybridized carbons (Fsp3) is 0.412. The van der Waals surface area contributed by atoms with Gasteiger partial charge in [-0.15, -0.1) is 0 Å². The average Bonchev–Trinajstić information content (AvgIpc) is 3.40. The molecule has 1 saturated carbocycles. The molecule has 0 atom stereocenters. The predicted molar refractivity (Wildman–Crippen MR) is 86.5 cm³/mol. The minimum absolute atomic E-state index is 0.150. The molecule has 6 heteroatoms. The molecule has 0 bridgehead atoms. The molecular weight excluding hydrogens is 296 g/mol. The van der Waals surface area contributed by atoms with E-state index in [1.54, 1.807) is 6.07 Å². The summed E-state index contributed by atoms with van der Waals surface area (Å²) >= 11 is 0. The molecule has 1 aromatic heterocycles. The van der Waals surface area contributed by atoms with Crippen molar-refractivity contribution in [1.29, 1.82) is 0 Å². The number of anilines is 1. The van der Waals surface area contributed by atoms with E-state index in [2.05, 4.69) is 4.90 Å². The summed E-state index contributed by atoms with van der Waals surface area (Å²) in [6.45, 7) is 2.88. The minimum Gasteiger partial charge on any atom is -0.477 e. The normalized spacial score (nSPS) is 18.3. The monoisotopic (exact) mass is 314 g/mol. The maximum Gasteiger partial charge on any atom is 0.341 e. The van der Waals surface area contributed by atoms with Crippen LogP contribution in [0.3, 0.4) is 0 Å². The highest BCUT2D eigenvalue weighted by Gasteiger charge is 2.28. The van der Waals surface area contributed by atoms with Gasteiger partial charge in [0.25, 0.3) is 0 Å². The largest absolute Gasteiger partial charge is 0.477 e. The number of benzene rings is 1. The first kappa shape index (κ1) is 14.3. The van der Waals surface area contributed by atoms with Gasteiger partial charge in [-0.3, -0.25) is 4.79 Å². The summed E-state index contributed by atoms with van der Waals surface area (Å²) in [6, 6.07) is 5.86. The lowest BCUT2D eigenvalue weighted by Crippen LogP contribution is -2.36. The van der Waals surface area contributed by atoms with Gasteiger partial charge >= 0.3 is 5.97 Å². The van der Waals surface area contributed by atoms with Gasteiger partial charge in [0, 0.05) is 30.7 Å². The van der Waals surface area contributed by atoms with Crippen LogP contribution in [0.1, 0.15) is 29.2 Å². The number of carboxylic acids is 1. The molecule has 1 saturated heterocycles. The van der Waals surface area contributed by atoms with Crippen LogP contribution < -0.4 is 10.3 Å². The topological polar surface area (TPSA) is 71.8 Å². The number of carbonyl (C=O) groups is 1. The molecule has 0 spiro atoms. The van der Waals surface area contributed by atoms with Crippen molar-refractivity contribution in [2.24, 2.45) is 0 Å². The molecule has 0 amide bonds. The third kappa shape index (κ3) is 2.39. The van der Waals surface area contributed by atoms with Crippen LogP contribution in [0.2, 0.25) is 0 Å². The van der Waals surface area contributed by atoms with Gasteiger partial charge in [-0.2, -0.15) is 0 Å². The summed E-state index contributed by atoms with van der Waals surface area (Å²) in [5.41, 5.74) is 1.29. The van der Waals surface area contributed by atoms with Crippen molar-refractivity contribution in [1.82, 2.24) is 4.57 Å². The number of nitrogens with zero attached hydrogens (tertiary/aromatic N) is 2. The lowest BCUT2D eigenvalue weighted by molar-refractivity contribution is 0.0695. The van der Waals surface area contributed by atoms with Crippen molar-refractivity contribution in [2.75, 3.05) is 31.2 Å². The molecule has 120 valence electrons. The summed E-state index contributed by atoms with van der Waals surface area (Å²) in [5, 5.41) is 9.82. The van der Waals surface area contributed by atoms with E-state index in [1.165, 1.54) is 6.20 Å². The van der Waals surface area contributed by atoms with Crippen molar-refractivity contribution in [3.8, 4) is 0 Å². The van der Waals surface area contributed by atoms with E-state index in [0.29, 0.717) is 24.6 Å². The molecule has 6 nitrogen and oxygen atoms in total. The zero-order valence-electron chi connectivity index (χ0n) is 12.7. The van der Waals surface area contributed by atoms with Gasteiger partial charge < -0.3 is 19.3 Å². The Kier molecular flexibility index (Phi) is 3.34. The number of hydrogen-bond acceptors (Lipinski definition) is 4. The second kappa shape index (κ2) is 5.38. The number of aromatic carboxylic acids is 1. The minimum atomic E-state index is -1.16. The van der Waals surface area contributed by atoms with Crippen LogP contribution in [0.4, 0.5) is 5.69 Å². The van der Waals surface area contributed by atoms with Crippen LogP contribution in [-0.2, 0) is 4.74 Å². The van der Waals surface area contributed by atoms with Gasteiger partial charge in [0.1, 0.15) is 5.56 Å². The predicted octanol–water partition coefficient (Wildman–Crippen LogP) is 1.87. The fourth-order valence-corrected chi connectivity index (χ4v) is 3.25. The molecule has 2 aliphatic rings. The van der Waals surface area contributed by atoms with Crippen molar-refractivity contribution in [3.63, 3.8) is 0 Å². The first-order valence-electron chi connectivity index (χ1n) is 7.90. The molecule has 4 rings (SSSR count). The number of rotatable bonds is 3. The summed E-state index contributed by atoms with van der Waals surface area (Å²) in [6.07, 6.45) is 3.57. The molecule has 23 heavy (non-hydrogen) atoms. The SMILES string of the molecule is O=C(O)c1cn(C2CC2)c2c(N3CCOCC3)cccc2c1=O. The van der Waals surface area contributed by atoms with E-state index in [4.69, 9.17) is 4.74 Å². The summed E-state index contributed by atoms with van der Waals surface area (Å²) < 4.78 is 7.40. The zero-order valence-corrected chi connectivity index (χ0v) is 12.7. The number of para-hydroxylation sites is 1. The maximum absolute atomic E-state index is 12.6. The van der Waals surface area contributed by atoms with Crippen molar-refractivity contribution >= 4 is 22.6 Å². The Hall–Kier alpha value is -2.34. The standard InChI is InChI=1S/C17H18N2O4/c20-16-12-2-1-3-14(18-6-8-23-9-7-18)15(12)19(11-4-5-11)10-13(16)17(21)22/h1-3,10-11H,4-9H2,(H,21,22). The molecular formula is C17H18N2O4. The number of fused-ring (bicyclic) bond motifs is 1. The van der Waals surface area contributed by atoms with E-state index in [0.717, 1.165) is 37.1 Å². The Balaban J connectivity index is 1.99. The van der Waals surface area contributed by atoms with Gasteiger partial charge in [0.2, 0.25) is 5.43 Å². The van der Waals surface area contributed by atoms with Crippen molar-refractivity contribution in [3.05, 3.63) is 40.2 Å². The van der Waals surface area contributed by atoms with Gasteiger partial charge in [0.15, 0.2) is 0 Å². The smallest absolute Gasteiger partial charge is 0.341 e. The van der Waals surface area contributed by atoms with Crippen molar-refractivity contribution < 1.29 is 14.6 Å². The molecule has 0 unspecified atom stereocenters. The van der Waals surface area contributed by atoms with Gasteiger partial charge in [-0.05, 0) is 25.0 Å². The summed E-state index contributed by atoms with van der Waals surface area (Å²) in [7, 11) is 0. The van der Waals surface area contributed by atoms with Crippen LogP contribution >= 0.6 is 0 Å². The van der Waals surface area contributed by atoms with E-state index in [1.807, 2.05) is 16.7 Å². The third-order valence-corrected chi connectivity index (χ3v) is 4.55. The second-order valence-corrected chi connectivity index (χ2v) is 6.09. The lowest BCUT2D eigenvalue weighted by atomic mass is 10.1. The molecule has 0 radical (unpaired) electrons. The summed E-state index contributed by atoms with van der Waals surface area (Å²) in [4.78, 5) is 26.2. The molecule has 1 N–H and O–H groups in total. The van der Waals surface area contributed by atoms with E-state index >= 15 is 0 Å². The molecule has 2 heterocycles. The van der Waals surface area contributed by atoms with E-state index in [-0.39, 0.29) is 5.56 Å². The first-order chi connectivity index (χ1) is 11.2. The van der Waals surface area contributed by atoms with Crippen LogP contribution in [-0.4, -0.2) is 41.9 Å². The Bertz CT molecular complexity index is 832. The summed E-state index contributed by atoms with van der Waals surface area (Å²) in [5.74, 6) is -1.16. The van der Waals surface area contributed by atoms with Crippen LogP contribution in [0.15, 0.2) is 29.2 Å². The number of pyridine rings is 1. The Morgan fingerprint density at radius 3 is 2.61 bits per heavy atom. The fourth-order valence-electron chi connectivity index (χ4n) is 3.25. The number of hydrogen-bond donors (Lipinski definition) is 1. The lowest BCUT2D eigenvalue weighted by Gasteiger charge is -2.30. The molecule has 1 aromatic carbocycles. The molecule has 2 fully saturated rings. The zero-order chi connectivity index (χ0) is 16.0. The number of carboxylic acid groups (broad SMARTS) is 1. The van der Waals surface area contributed by atoms with Gasteiger partial charge in [0.05, 0.1) is 24.4 Å².